The Kier molecular flexibility index (Phi) is 6.07. The molecule has 3 nitrogen and oxygen atoms in total. The molecule has 6 heteroatoms. The summed E-state index contributed by atoms with van der Waals surface area (Å²) >= 11 is 0. The van der Waals surface area contributed by atoms with E-state index in [0.29, 0.717) is 39.1 Å². The number of likely N-dealkylation sites (tertiary alicyclic amines) is 1. The molecule has 1 heterocycles. The van der Waals surface area contributed by atoms with Crippen LogP contribution in [-0.4, -0.2) is 42.0 Å². The van der Waals surface area contributed by atoms with E-state index in [-0.39, 0.29) is 0 Å². The predicted molar refractivity (Wildman–Crippen MR) is 82.2 cm³/mol. The van der Waals surface area contributed by atoms with Gasteiger partial charge in [-0.2, -0.15) is 13.2 Å². The van der Waals surface area contributed by atoms with Crippen molar-refractivity contribution in [3.63, 3.8) is 0 Å². The molecule has 1 atom stereocenters. The molecule has 0 bridgehead atoms. The lowest BCUT2D eigenvalue weighted by Gasteiger charge is -2.34. The van der Waals surface area contributed by atoms with Crippen LogP contribution in [0.3, 0.4) is 0 Å². The van der Waals surface area contributed by atoms with Crippen LogP contribution in [0.1, 0.15) is 18.4 Å². The van der Waals surface area contributed by atoms with Gasteiger partial charge in [-0.3, -0.25) is 4.90 Å². The summed E-state index contributed by atoms with van der Waals surface area (Å²) in [5, 5.41) is 9.32. The lowest BCUT2D eigenvalue weighted by molar-refractivity contribution is -0.223. The number of hydrogen-bond donors (Lipinski definition) is 1. The quantitative estimate of drug-likeness (QED) is 0.812. The fourth-order valence-corrected chi connectivity index (χ4v) is 2.80. The van der Waals surface area contributed by atoms with E-state index in [9.17, 15) is 18.3 Å². The molecule has 2 rings (SSSR count). The Morgan fingerprint density at radius 2 is 1.87 bits per heavy atom. The number of benzene rings is 1. The van der Waals surface area contributed by atoms with Gasteiger partial charge in [-0.15, -0.1) is 0 Å². The molecular weight excluding hydrogens is 307 g/mol. The Balaban J connectivity index is 1.81. The zero-order valence-corrected chi connectivity index (χ0v) is 12.9. The summed E-state index contributed by atoms with van der Waals surface area (Å²) in [7, 11) is 0. The second kappa shape index (κ2) is 7.84. The highest BCUT2D eigenvalue weighted by molar-refractivity contribution is 5.27. The van der Waals surface area contributed by atoms with Crippen molar-refractivity contribution < 1.29 is 23.0 Å². The predicted octanol–water partition coefficient (Wildman–Crippen LogP) is 3.39. The summed E-state index contributed by atoms with van der Waals surface area (Å²) < 4.78 is 43.0. The molecule has 1 aromatic rings. The van der Waals surface area contributed by atoms with Crippen molar-refractivity contribution in [2.75, 3.05) is 19.7 Å². The molecule has 1 fully saturated rings. The van der Waals surface area contributed by atoms with Gasteiger partial charge in [-0.25, -0.2) is 0 Å². The summed E-state index contributed by atoms with van der Waals surface area (Å²) in [5.74, 6) is 0.0709. The van der Waals surface area contributed by atoms with Crippen LogP contribution in [0.15, 0.2) is 36.9 Å². The van der Waals surface area contributed by atoms with Crippen LogP contribution in [0.5, 0.6) is 5.75 Å². The number of halogens is 3. The molecule has 23 heavy (non-hydrogen) atoms. The number of piperidine rings is 1. The molecule has 0 aliphatic carbocycles. The lowest BCUT2D eigenvalue weighted by atomic mass is 9.90. The topological polar surface area (TPSA) is 32.7 Å². The van der Waals surface area contributed by atoms with Crippen LogP contribution in [0, 0.1) is 5.92 Å². The molecule has 0 amide bonds. The number of rotatable bonds is 6. The Labute approximate surface area is 134 Å². The van der Waals surface area contributed by atoms with Gasteiger partial charge in [0, 0.05) is 6.54 Å². The molecule has 0 saturated carbocycles. The summed E-state index contributed by atoms with van der Waals surface area (Å²) in [4.78, 5) is 2.11. The molecule has 1 saturated heterocycles. The molecular formula is C17H22F3NO2. The second-order valence-electron chi connectivity index (χ2n) is 5.84. The highest BCUT2D eigenvalue weighted by Crippen LogP contribution is 2.31. The number of aliphatic hydroxyl groups is 1. The van der Waals surface area contributed by atoms with Crippen molar-refractivity contribution in [3.8, 4) is 5.75 Å². The van der Waals surface area contributed by atoms with E-state index in [1.807, 2.05) is 24.3 Å². The van der Waals surface area contributed by atoms with E-state index in [1.54, 1.807) is 6.08 Å². The molecule has 1 unspecified atom stereocenters. The first kappa shape index (κ1) is 17.8. The molecule has 1 N–H and O–H groups in total. The van der Waals surface area contributed by atoms with Crippen molar-refractivity contribution in [3.05, 3.63) is 42.5 Å². The number of ether oxygens (including phenoxy) is 1. The maximum absolute atomic E-state index is 12.5. The van der Waals surface area contributed by atoms with Gasteiger partial charge in [0.15, 0.2) is 6.10 Å². The average Bonchev–Trinajstić information content (AvgIpc) is 2.53. The van der Waals surface area contributed by atoms with E-state index in [4.69, 9.17) is 4.74 Å². The van der Waals surface area contributed by atoms with Crippen molar-refractivity contribution in [1.82, 2.24) is 4.90 Å². The van der Waals surface area contributed by atoms with Crippen molar-refractivity contribution in [1.29, 1.82) is 0 Å². The molecule has 1 aliphatic heterocycles. The fraction of sp³-hybridized carbons (Fsp3) is 0.529. The molecule has 1 aromatic carbocycles. The van der Waals surface area contributed by atoms with Gasteiger partial charge < -0.3 is 9.84 Å². The first-order valence-electron chi connectivity index (χ1n) is 7.70. The normalized spacial score (nSPS) is 18.6. The van der Waals surface area contributed by atoms with Gasteiger partial charge in [0.05, 0.1) is 0 Å². The summed E-state index contributed by atoms with van der Waals surface area (Å²) in [6, 6.07) is 7.65. The van der Waals surface area contributed by atoms with Crippen LogP contribution in [0.2, 0.25) is 0 Å². The zero-order valence-electron chi connectivity index (χ0n) is 12.9. The lowest BCUT2D eigenvalue weighted by Crippen LogP contribution is -2.43. The molecule has 0 spiro atoms. The molecule has 1 aliphatic rings. The largest absolute Gasteiger partial charge is 0.490 e. The third kappa shape index (κ3) is 5.25. The minimum atomic E-state index is -4.52. The first-order chi connectivity index (χ1) is 10.9. The Bertz CT molecular complexity index is 494. The number of hydrogen-bond acceptors (Lipinski definition) is 3. The maximum Gasteiger partial charge on any atom is 0.414 e. The molecule has 0 radical (unpaired) electrons. The van der Waals surface area contributed by atoms with Gasteiger partial charge >= 0.3 is 6.18 Å². The van der Waals surface area contributed by atoms with Gasteiger partial charge in [0.2, 0.25) is 0 Å². The van der Waals surface area contributed by atoms with Crippen molar-refractivity contribution >= 4 is 0 Å². The van der Waals surface area contributed by atoms with Crippen molar-refractivity contribution in [2.45, 2.75) is 31.7 Å². The van der Waals surface area contributed by atoms with Gasteiger partial charge in [-0.05, 0) is 49.5 Å². The standard InChI is InChI=1S/C17H22F3NO2/c1-2-11-23-15-5-3-13(4-6-15)12-21-9-7-14(8-10-21)16(22)17(18,19)20/h2-6,14,16,22H,1,7-12H2. The summed E-state index contributed by atoms with van der Waals surface area (Å²) in [6.45, 7) is 5.85. The third-order valence-electron chi connectivity index (χ3n) is 4.11. The monoisotopic (exact) mass is 329 g/mol. The van der Waals surface area contributed by atoms with E-state index in [2.05, 4.69) is 11.5 Å². The Hall–Kier alpha value is -1.53. The van der Waals surface area contributed by atoms with Crippen LogP contribution in [0.4, 0.5) is 13.2 Å². The SMILES string of the molecule is C=CCOc1ccc(CN2CCC(C(O)C(F)(F)F)CC2)cc1. The van der Waals surface area contributed by atoms with Crippen molar-refractivity contribution in [2.24, 2.45) is 5.92 Å². The second-order valence-corrected chi connectivity index (χ2v) is 5.84. The highest BCUT2D eigenvalue weighted by Gasteiger charge is 2.44. The Morgan fingerprint density at radius 1 is 1.26 bits per heavy atom. The molecule has 0 aromatic heterocycles. The van der Waals surface area contributed by atoms with Crippen LogP contribution < -0.4 is 4.74 Å². The van der Waals surface area contributed by atoms with Crippen LogP contribution >= 0.6 is 0 Å². The number of alkyl halides is 3. The number of aliphatic hydroxyl groups excluding tert-OH is 1. The first-order valence-corrected chi connectivity index (χ1v) is 7.70. The average molecular weight is 329 g/mol. The number of nitrogens with zero attached hydrogens (tertiary/aromatic N) is 1. The smallest absolute Gasteiger partial charge is 0.414 e. The minimum absolute atomic E-state index is 0.362. The summed E-state index contributed by atoms with van der Waals surface area (Å²) in [6.07, 6.45) is -4.32. The van der Waals surface area contributed by atoms with E-state index in [0.717, 1.165) is 11.3 Å². The van der Waals surface area contributed by atoms with Crippen LogP contribution in [-0.2, 0) is 6.54 Å². The van der Waals surface area contributed by atoms with E-state index >= 15 is 0 Å². The fourth-order valence-electron chi connectivity index (χ4n) is 2.80. The van der Waals surface area contributed by atoms with Crippen LogP contribution in [0.25, 0.3) is 0 Å². The Morgan fingerprint density at radius 3 is 2.39 bits per heavy atom. The highest BCUT2D eigenvalue weighted by atomic mass is 19.4. The maximum atomic E-state index is 12.5. The minimum Gasteiger partial charge on any atom is -0.490 e. The van der Waals surface area contributed by atoms with Gasteiger partial charge in [0.1, 0.15) is 12.4 Å². The van der Waals surface area contributed by atoms with Gasteiger partial charge in [-0.1, -0.05) is 24.8 Å². The zero-order chi connectivity index (χ0) is 16.9. The van der Waals surface area contributed by atoms with E-state index in [1.165, 1.54) is 0 Å². The van der Waals surface area contributed by atoms with E-state index < -0.39 is 18.2 Å². The summed E-state index contributed by atoms with van der Waals surface area (Å²) in [5.41, 5.74) is 1.09. The van der Waals surface area contributed by atoms with Gasteiger partial charge in [0.25, 0.3) is 0 Å². The molecule has 128 valence electrons. The third-order valence-corrected chi connectivity index (χ3v) is 4.11.